The number of hydrogen-bond acceptors (Lipinski definition) is 2. The van der Waals surface area contributed by atoms with Crippen molar-refractivity contribution in [2.24, 2.45) is 5.73 Å². The fraction of sp³-hybridized carbons (Fsp3) is 0.429. The number of aromatic nitrogens is 2. The lowest BCUT2D eigenvalue weighted by atomic mass is 10.3. The molecule has 0 unspecified atom stereocenters. The van der Waals surface area contributed by atoms with E-state index < -0.39 is 6.03 Å². The molecule has 0 aliphatic heterocycles. The maximum Gasteiger partial charge on any atom is 0.312 e. The SMILES string of the molecule is CCc1cc(CNC(N)=O)[nH]n1. The smallest absolute Gasteiger partial charge is 0.312 e. The van der Waals surface area contributed by atoms with Crippen LogP contribution < -0.4 is 11.1 Å². The van der Waals surface area contributed by atoms with Crippen LogP contribution in [0.5, 0.6) is 0 Å². The van der Waals surface area contributed by atoms with E-state index in [0.717, 1.165) is 17.8 Å². The Hall–Kier alpha value is -1.52. The number of primary amides is 1. The topological polar surface area (TPSA) is 83.8 Å². The van der Waals surface area contributed by atoms with Crippen molar-refractivity contribution >= 4 is 6.03 Å². The molecule has 5 heteroatoms. The van der Waals surface area contributed by atoms with Crippen LogP contribution in [0.2, 0.25) is 0 Å². The number of carbonyl (C=O) groups is 1. The fourth-order valence-corrected chi connectivity index (χ4v) is 0.863. The second kappa shape index (κ2) is 3.75. The van der Waals surface area contributed by atoms with E-state index >= 15 is 0 Å². The number of carbonyl (C=O) groups excluding carboxylic acids is 1. The van der Waals surface area contributed by atoms with Gasteiger partial charge in [-0.3, -0.25) is 5.10 Å². The van der Waals surface area contributed by atoms with Gasteiger partial charge >= 0.3 is 6.03 Å². The van der Waals surface area contributed by atoms with E-state index in [4.69, 9.17) is 5.73 Å². The van der Waals surface area contributed by atoms with Gasteiger partial charge in [-0.15, -0.1) is 0 Å². The molecule has 0 aromatic carbocycles. The van der Waals surface area contributed by atoms with Crippen LogP contribution in [0.4, 0.5) is 4.79 Å². The molecule has 0 fully saturated rings. The van der Waals surface area contributed by atoms with Gasteiger partial charge in [-0.25, -0.2) is 4.79 Å². The predicted octanol–water partition coefficient (Wildman–Crippen LogP) is 0.140. The second-order valence-electron chi connectivity index (χ2n) is 2.46. The Morgan fingerprint density at radius 3 is 3.08 bits per heavy atom. The van der Waals surface area contributed by atoms with Gasteiger partial charge in [0.15, 0.2) is 0 Å². The first-order chi connectivity index (χ1) is 5.72. The summed E-state index contributed by atoms with van der Waals surface area (Å²) in [7, 11) is 0. The summed E-state index contributed by atoms with van der Waals surface area (Å²) in [6.45, 7) is 2.42. The highest BCUT2D eigenvalue weighted by Crippen LogP contribution is 1.98. The number of H-pyrrole nitrogens is 1. The van der Waals surface area contributed by atoms with Crippen molar-refractivity contribution in [2.75, 3.05) is 0 Å². The molecule has 66 valence electrons. The summed E-state index contributed by atoms with van der Waals surface area (Å²) in [4.78, 5) is 10.3. The minimum Gasteiger partial charge on any atom is -0.352 e. The molecular weight excluding hydrogens is 156 g/mol. The number of amides is 2. The summed E-state index contributed by atoms with van der Waals surface area (Å²) < 4.78 is 0. The van der Waals surface area contributed by atoms with Crippen LogP contribution in [0.3, 0.4) is 0 Å². The number of nitrogens with zero attached hydrogens (tertiary/aromatic N) is 1. The molecule has 1 aromatic rings. The molecule has 0 aliphatic carbocycles. The third-order valence-corrected chi connectivity index (χ3v) is 1.50. The average Bonchev–Trinajstić information content (AvgIpc) is 2.48. The van der Waals surface area contributed by atoms with E-state index in [0.29, 0.717) is 6.54 Å². The Labute approximate surface area is 70.3 Å². The summed E-state index contributed by atoms with van der Waals surface area (Å²) in [5.41, 5.74) is 6.74. The third kappa shape index (κ3) is 2.26. The van der Waals surface area contributed by atoms with Gasteiger partial charge < -0.3 is 11.1 Å². The predicted molar refractivity (Wildman–Crippen MR) is 44.4 cm³/mol. The molecule has 0 spiro atoms. The number of rotatable bonds is 3. The fourth-order valence-electron chi connectivity index (χ4n) is 0.863. The van der Waals surface area contributed by atoms with Crippen molar-refractivity contribution in [3.63, 3.8) is 0 Å². The summed E-state index contributed by atoms with van der Waals surface area (Å²) in [5.74, 6) is 0. The largest absolute Gasteiger partial charge is 0.352 e. The van der Waals surface area contributed by atoms with Crippen LogP contribution >= 0.6 is 0 Å². The Kier molecular flexibility index (Phi) is 2.68. The van der Waals surface area contributed by atoms with Gasteiger partial charge in [0.05, 0.1) is 17.9 Å². The number of aryl methyl sites for hydroxylation is 1. The molecule has 0 saturated heterocycles. The molecule has 0 bridgehead atoms. The molecule has 0 atom stereocenters. The first kappa shape index (κ1) is 8.58. The Bertz CT molecular complexity index is 268. The lowest BCUT2D eigenvalue weighted by molar-refractivity contribution is 0.248. The van der Waals surface area contributed by atoms with Gasteiger partial charge in [-0.1, -0.05) is 6.92 Å². The molecule has 12 heavy (non-hydrogen) atoms. The molecule has 5 nitrogen and oxygen atoms in total. The minimum atomic E-state index is -0.525. The lowest BCUT2D eigenvalue weighted by Gasteiger charge is -1.95. The van der Waals surface area contributed by atoms with Gasteiger partial charge in [0.2, 0.25) is 0 Å². The van der Waals surface area contributed by atoms with Gasteiger partial charge in [-0.05, 0) is 12.5 Å². The number of urea groups is 1. The first-order valence-electron chi connectivity index (χ1n) is 3.79. The van der Waals surface area contributed by atoms with E-state index in [2.05, 4.69) is 15.5 Å². The molecule has 4 N–H and O–H groups in total. The third-order valence-electron chi connectivity index (χ3n) is 1.50. The van der Waals surface area contributed by atoms with Crippen LogP contribution in [0.25, 0.3) is 0 Å². The van der Waals surface area contributed by atoms with E-state index in [1.165, 1.54) is 0 Å². The van der Waals surface area contributed by atoms with Gasteiger partial charge in [-0.2, -0.15) is 5.10 Å². The van der Waals surface area contributed by atoms with Crippen LogP contribution in [-0.2, 0) is 13.0 Å². The van der Waals surface area contributed by atoms with Crippen LogP contribution in [0.15, 0.2) is 6.07 Å². The van der Waals surface area contributed by atoms with Crippen LogP contribution in [-0.4, -0.2) is 16.2 Å². The highest BCUT2D eigenvalue weighted by molar-refractivity contribution is 5.71. The quantitative estimate of drug-likeness (QED) is 0.599. The zero-order valence-corrected chi connectivity index (χ0v) is 6.92. The Morgan fingerprint density at radius 1 is 1.83 bits per heavy atom. The number of aromatic amines is 1. The molecular formula is C7H12N4O. The summed E-state index contributed by atoms with van der Waals surface area (Å²) in [5, 5.41) is 9.25. The van der Waals surface area contributed by atoms with Crippen LogP contribution in [0, 0.1) is 0 Å². The number of hydrogen-bond donors (Lipinski definition) is 3. The normalized spacial score (nSPS) is 9.75. The number of nitrogens with two attached hydrogens (primary N) is 1. The van der Waals surface area contributed by atoms with E-state index in [-0.39, 0.29) is 0 Å². The van der Waals surface area contributed by atoms with Crippen molar-refractivity contribution in [1.82, 2.24) is 15.5 Å². The summed E-state index contributed by atoms with van der Waals surface area (Å²) in [6, 6.07) is 1.37. The molecule has 0 saturated carbocycles. The van der Waals surface area contributed by atoms with Crippen molar-refractivity contribution in [1.29, 1.82) is 0 Å². The molecule has 2 amide bonds. The van der Waals surface area contributed by atoms with Gasteiger partial charge in [0.25, 0.3) is 0 Å². The molecule has 0 radical (unpaired) electrons. The molecule has 1 aromatic heterocycles. The monoisotopic (exact) mass is 168 g/mol. The maximum absolute atomic E-state index is 10.3. The van der Waals surface area contributed by atoms with Crippen molar-refractivity contribution in [3.05, 3.63) is 17.5 Å². The van der Waals surface area contributed by atoms with Crippen molar-refractivity contribution in [2.45, 2.75) is 19.9 Å². The Morgan fingerprint density at radius 2 is 2.58 bits per heavy atom. The lowest BCUT2D eigenvalue weighted by Crippen LogP contribution is -2.28. The van der Waals surface area contributed by atoms with Crippen LogP contribution in [0.1, 0.15) is 18.3 Å². The van der Waals surface area contributed by atoms with Crippen molar-refractivity contribution in [3.8, 4) is 0 Å². The standard InChI is InChI=1S/C7H12N4O/c1-2-5-3-6(11-10-5)4-9-7(8)12/h3H,2,4H2,1H3,(H,10,11)(H3,8,9,12). The summed E-state index contributed by atoms with van der Waals surface area (Å²) in [6.07, 6.45) is 0.882. The van der Waals surface area contributed by atoms with Gasteiger partial charge in [0.1, 0.15) is 0 Å². The zero-order chi connectivity index (χ0) is 8.97. The highest BCUT2D eigenvalue weighted by atomic mass is 16.2. The average molecular weight is 168 g/mol. The molecule has 1 heterocycles. The van der Waals surface area contributed by atoms with E-state index in [1.54, 1.807) is 0 Å². The second-order valence-corrected chi connectivity index (χ2v) is 2.46. The summed E-state index contributed by atoms with van der Waals surface area (Å²) >= 11 is 0. The Balaban J connectivity index is 2.47. The maximum atomic E-state index is 10.3. The van der Waals surface area contributed by atoms with E-state index in [9.17, 15) is 4.79 Å². The van der Waals surface area contributed by atoms with E-state index in [1.807, 2.05) is 13.0 Å². The molecule has 1 rings (SSSR count). The first-order valence-corrected chi connectivity index (χ1v) is 3.79. The molecule has 0 aliphatic rings. The zero-order valence-electron chi connectivity index (χ0n) is 6.92. The van der Waals surface area contributed by atoms with Gasteiger partial charge in [0, 0.05) is 0 Å². The highest BCUT2D eigenvalue weighted by Gasteiger charge is 1.99. The number of nitrogens with one attached hydrogen (secondary N) is 2. The van der Waals surface area contributed by atoms with Crippen molar-refractivity contribution < 1.29 is 4.79 Å². The minimum absolute atomic E-state index is 0.405.